The van der Waals surface area contributed by atoms with E-state index >= 15 is 0 Å². The zero-order chi connectivity index (χ0) is 18.7. The highest BCUT2D eigenvalue weighted by atomic mass is 32.2. The fourth-order valence-electron chi connectivity index (χ4n) is 2.41. The molecule has 2 aromatic heterocycles. The van der Waals surface area contributed by atoms with E-state index in [0.29, 0.717) is 25.7 Å². The highest BCUT2D eigenvalue weighted by molar-refractivity contribution is 7.89. The molecule has 0 unspecified atom stereocenters. The van der Waals surface area contributed by atoms with E-state index in [0.717, 1.165) is 0 Å². The van der Waals surface area contributed by atoms with Gasteiger partial charge in [-0.25, -0.2) is 8.42 Å². The summed E-state index contributed by atoms with van der Waals surface area (Å²) in [6.45, 7) is 5.90. The molecule has 0 aromatic carbocycles. The summed E-state index contributed by atoms with van der Waals surface area (Å²) in [5.41, 5.74) is 0.0923. The molecule has 3 rings (SSSR count). The normalized spacial score (nSPS) is 15.9. The number of ether oxygens (including phenoxy) is 1. The van der Waals surface area contributed by atoms with Crippen LogP contribution < -0.4 is 5.32 Å². The zero-order valence-electron chi connectivity index (χ0n) is 14.6. The summed E-state index contributed by atoms with van der Waals surface area (Å²) in [5, 5.41) is 12.0. The highest BCUT2D eigenvalue weighted by Gasteiger charge is 2.30. The molecule has 0 amide bonds. The standard InChI is InChI=1S/C16H20N4O5S/c1-11(2)10-18-15-12(9-17)19-16(25-15)13-3-4-14(24-13)26(21,22)20-5-7-23-8-6-20/h3-4,11,18H,5-8,10H2,1-2H3. The first-order chi connectivity index (χ1) is 12.4. The summed E-state index contributed by atoms with van der Waals surface area (Å²) in [7, 11) is -3.74. The molecular weight excluding hydrogens is 360 g/mol. The van der Waals surface area contributed by atoms with Crippen LogP contribution in [0.25, 0.3) is 11.7 Å². The minimum Gasteiger partial charge on any atom is -0.438 e. The van der Waals surface area contributed by atoms with Crippen molar-refractivity contribution in [3.8, 4) is 17.7 Å². The maximum absolute atomic E-state index is 12.6. The number of morpholine rings is 1. The molecular formula is C16H20N4O5S. The highest BCUT2D eigenvalue weighted by Crippen LogP contribution is 2.29. The molecule has 0 bridgehead atoms. The first-order valence-electron chi connectivity index (χ1n) is 8.24. The maximum atomic E-state index is 12.6. The second-order valence-corrected chi connectivity index (χ2v) is 8.09. The van der Waals surface area contributed by atoms with Gasteiger partial charge in [0.15, 0.2) is 5.76 Å². The van der Waals surface area contributed by atoms with Crippen LogP contribution in [0.5, 0.6) is 0 Å². The molecule has 3 heterocycles. The van der Waals surface area contributed by atoms with Gasteiger partial charge in [0.25, 0.3) is 15.9 Å². The zero-order valence-corrected chi connectivity index (χ0v) is 15.4. The van der Waals surface area contributed by atoms with E-state index < -0.39 is 10.0 Å². The van der Waals surface area contributed by atoms with E-state index in [4.69, 9.17) is 13.6 Å². The molecule has 10 heteroatoms. The average molecular weight is 380 g/mol. The summed E-state index contributed by atoms with van der Waals surface area (Å²) in [6, 6.07) is 4.77. The Bertz CT molecular complexity index is 903. The number of furan rings is 1. The Morgan fingerprint density at radius 2 is 2.04 bits per heavy atom. The predicted octanol–water partition coefficient (Wildman–Crippen LogP) is 1.90. The number of hydrogen-bond donors (Lipinski definition) is 1. The molecule has 9 nitrogen and oxygen atoms in total. The molecule has 1 saturated heterocycles. The van der Waals surface area contributed by atoms with E-state index in [9.17, 15) is 13.7 Å². The quantitative estimate of drug-likeness (QED) is 0.806. The van der Waals surface area contributed by atoms with Crippen molar-refractivity contribution in [2.24, 2.45) is 5.92 Å². The SMILES string of the molecule is CC(C)CNc1oc(-c2ccc(S(=O)(=O)N3CCOCC3)o2)nc1C#N. The topological polar surface area (TPSA) is 122 Å². The van der Waals surface area contributed by atoms with Crippen LogP contribution in [-0.4, -0.2) is 50.6 Å². The van der Waals surface area contributed by atoms with Gasteiger partial charge >= 0.3 is 0 Å². The van der Waals surface area contributed by atoms with Gasteiger partial charge in [-0.05, 0) is 18.1 Å². The van der Waals surface area contributed by atoms with Gasteiger partial charge in [0, 0.05) is 19.6 Å². The lowest BCUT2D eigenvalue weighted by atomic mass is 10.2. The summed E-state index contributed by atoms with van der Waals surface area (Å²) in [4.78, 5) is 4.07. The Balaban J connectivity index is 1.84. The van der Waals surface area contributed by atoms with Crippen molar-refractivity contribution in [3.63, 3.8) is 0 Å². The number of hydrogen-bond acceptors (Lipinski definition) is 8. The molecule has 0 radical (unpaired) electrons. The van der Waals surface area contributed by atoms with E-state index in [2.05, 4.69) is 10.3 Å². The molecule has 140 valence electrons. The summed E-state index contributed by atoms with van der Waals surface area (Å²) < 4.78 is 42.7. The number of sulfonamides is 1. The largest absolute Gasteiger partial charge is 0.438 e. The van der Waals surface area contributed by atoms with Crippen LogP contribution in [0.2, 0.25) is 0 Å². The van der Waals surface area contributed by atoms with E-state index in [1.807, 2.05) is 19.9 Å². The molecule has 26 heavy (non-hydrogen) atoms. The Kier molecular flexibility index (Phi) is 5.31. The van der Waals surface area contributed by atoms with Gasteiger partial charge in [0.1, 0.15) is 6.07 Å². The predicted molar refractivity (Wildman–Crippen MR) is 91.8 cm³/mol. The number of nitrogens with zero attached hydrogens (tertiary/aromatic N) is 3. The third-order valence-corrected chi connectivity index (χ3v) is 5.53. The van der Waals surface area contributed by atoms with Gasteiger partial charge in [-0.3, -0.25) is 0 Å². The van der Waals surface area contributed by atoms with E-state index in [1.54, 1.807) is 0 Å². The number of aromatic nitrogens is 1. The third kappa shape index (κ3) is 3.75. The van der Waals surface area contributed by atoms with Gasteiger partial charge in [-0.1, -0.05) is 13.8 Å². The average Bonchev–Trinajstić information content (AvgIpc) is 3.27. The number of nitrogens with one attached hydrogen (secondary N) is 1. The molecule has 1 aliphatic heterocycles. The van der Waals surface area contributed by atoms with Crippen molar-refractivity contribution in [2.75, 3.05) is 38.2 Å². The molecule has 2 aromatic rings. The van der Waals surface area contributed by atoms with Crippen LogP contribution in [0.3, 0.4) is 0 Å². The molecule has 0 atom stereocenters. The Hall–Kier alpha value is -2.35. The Morgan fingerprint density at radius 3 is 2.69 bits per heavy atom. The fourth-order valence-corrected chi connectivity index (χ4v) is 3.73. The smallest absolute Gasteiger partial charge is 0.276 e. The van der Waals surface area contributed by atoms with Gasteiger partial charge < -0.3 is 18.9 Å². The lowest BCUT2D eigenvalue weighted by Gasteiger charge is -2.24. The monoisotopic (exact) mass is 380 g/mol. The molecule has 0 spiro atoms. The van der Waals surface area contributed by atoms with Crippen molar-refractivity contribution in [3.05, 3.63) is 17.8 Å². The second-order valence-electron chi connectivity index (χ2n) is 6.22. The van der Waals surface area contributed by atoms with Crippen LogP contribution in [-0.2, 0) is 14.8 Å². The van der Waals surface area contributed by atoms with Crippen LogP contribution in [0, 0.1) is 17.2 Å². The number of nitriles is 1. The van der Waals surface area contributed by atoms with Crippen molar-refractivity contribution in [1.82, 2.24) is 9.29 Å². The number of anilines is 1. The van der Waals surface area contributed by atoms with E-state index in [-0.39, 0.29) is 41.4 Å². The van der Waals surface area contributed by atoms with Crippen molar-refractivity contribution in [2.45, 2.75) is 18.9 Å². The summed E-state index contributed by atoms with van der Waals surface area (Å²) in [6.07, 6.45) is 0. The van der Waals surface area contributed by atoms with Crippen LogP contribution >= 0.6 is 0 Å². The number of oxazole rings is 1. The minimum atomic E-state index is -3.74. The van der Waals surface area contributed by atoms with Crippen molar-refractivity contribution in [1.29, 1.82) is 5.26 Å². The number of rotatable bonds is 6. The minimum absolute atomic E-state index is 0.0521. The lowest BCUT2D eigenvalue weighted by Crippen LogP contribution is -2.40. The molecule has 0 aliphatic carbocycles. The van der Waals surface area contributed by atoms with Gasteiger partial charge in [-0.2, -0.15) is 14.6 Å². The van der Waals surface area contributed by atoms with Crippen molar-refractivity contribution >= 4 is 15.9 Å². The molecule has 1 N–H and O–H groups in total. The molecule has 0 saturated carbocycles. The van der Waals surface area contributed by atoms with Crippen LogP contribution in [0.4, 0.5) is 5.88 Å². The van der Waals surface area contributed by atoms with Gasteiger partial charge in [0.2, 0.25) is 16.7 Å². The lowest BCUT2D eigenvalue weighted by molar-refractivity contribution is 0.0724. The summed E-state index contributed by atoms with van der Waals surface area (Å²) >= 11 is 0. The molecule has 1 fully saturated rings. The van der Waals surface area contributed by atoms with E-state index in [1.165, 1.54) is 16.4 Å². The third-order valence-electron chi connectivity index (χ3n) is 3.76. The Labute approximate surface area is 151 Å². The van der Waals surface area contributed by atoms with Crippen LogP contribution in [0.1, 0.15) is 19.5 Å². The van der Waals surface area contributed by atoms with Crippen LogP contribution in [0.15, 0.2) is 26.1 Å². The first-order valence-corrected chi connectivity index (χ1v) is 9.68. The fraction of sp³-hybridized carbons (Fsp3) is 0.500. The second kappa shape index (κ2) is 7.49. The first kappa shape index (κ1) is 18.4. The van der Waals surface area contributed by atoms with Crippen molar-refractivity contribution < 1.29 is 22.0 Å². The Morgan fingerprint density at radius 1 is 1.31 bits per heavy atom. The van der Waals surface area contributed by atoms with Gasteiger partial charge in [0.05, 0.1) is 13.2 Å². The maximum Gasteiger partial charge on any atom is 0.276 e. The summed E-state index contributed by atoms with van der Waals surface area (Å²) in [5.74, 6) is 0.788. The molecule has 1 aliphatic rings. The van der Waals surface area contributed by atoms with Gasteiger partial charge in [-0.15, -0.1) is 0 Å².